The lowest BCUT2D eigenvalue weighted by atomic mass is 10.1. The maximum absolute atomic E-state index is 12.0. The molecule has 0 atom stereocenters. The normalized spacial score (nSPS) is 10.9. The molecule has 9 heteroatoms. The molecular formula is C18H14ClN5O2S. The molecule has 2 aromatic carbocycles. The summed E-state index contributed by atoms with van der Waals surface area (Å²) in [6.45, 7) is 0.324. The van der Waals surface area contributed by atoms with E-state index in [-0.39, 0.29) is 12.5 Å². The van der Waals surface area contributed by atoms with Crippen LogP contribution in [0.1, 0.15) is 5.56 Å². The molecule has 0 aliphatic rings. The van der Waals surface area contributed by atoms with Gasteiger partial charge in [0, 0.05) is 12.1 Å². The Kier molecular flexibility index (Phi) is 4.99. The van der Waals surface area contributed by atoms with Gasteiger partial charge in [0.15, 0.2) is 6.61 Å². The molecule has 7 nitrogen and oxygen atoms in total. The van der Waals surface area contributed by atoms with Crippen molar-refractivity contribution in [2.45, 2.75) is 6.54 Å². The zero-order chi connectivity index (χ0) is 18.6. The monoisotopic (exact) mass is 399 g/mol. The molecule has 0 aliphatic carbocycles. The van der Waals surface area contributed by atoms with Gasteiger partial charge in [-0.1, -0.05) is 59.3 Å². The van der Waals surface area contributed by atoms with Crippen LogP contribution < -0.4 is 10.1 Å². The first kappa shape index (κ1) is 17.4. The molecule has 4 aromatic rings. The number of halogens is 1. The Hall–Kier alpha value is -2.97. The van der Waals surface area contributed by atoms with Gasteiger partial charge in [-0.05, 0) is 17.7 Å². The standard InChI is InChI=1S/C18H14ClN5O2S/c19-14-3-1-2-4-15(14)26-10-16(25)20-9-12-5-7-13(8-6-12)17-23-24-11-21-22-18(24)27-17/h1-8,11H,9-10H2,(H,20,25). The minimum Gasteiger partial charge on any atom is -0.482 e. The van der Waals surface area contributed by atoms with Gasteiger partial charge in [0.05, 0.1) is 5.02 Å². The highest BCUT2D eigenvalue weighted by atomic mass is 35.5. The molecule has 4 rings (SSSR count). The first-order valence-corrected chi connectivity index (χ1v) is 9.29. The van der Waals surface area contributed by atoms with Crippen LogP contribution in [-0.2, 0) is 11.3 Å². The number of benzene rings is 2. The number of aromatic nitrogens is 4. The van der Waals surface area contributed by atoms with E-state index in [0.29, 0.717) is 17.3 Å². The Labute approximate surface area is 163 Å². The van der Waals surface area contributed by atoms with Gasteiger partial charge in [-0.25, -0.2) is 0 Å². The van der Waals surface area contributed by atoms with Gasteiger partial charge in [0.1, 0.15) is 17.1 Å². The Morgan fingerprint density at radius 2 is 2.00 bits per heavy atom. The fourth-order valence-corrected chi connectivity index (χ4v) is 3.41. The van der Waals surface area contributed by atoms with Gasteiger partial charge in [-0.2, -0.15) is 9.61 Å². The lowest BCUT2D eigenvalue weighted by Gasteiger charge is -2.09. The van der Waals surface area contributed by atoms with E-state index < -0.39 is 0 Å². The molecule has 0 saturated heterocycles. The Balaban J connectivity index is 1.31. The Morgan fingerprint density at radius 3 is 2.78 bits per heavy atom. The van der Waals surface area contributed by atoms with Crippen molar-refractivity contribution in [2.75, 3.05) is 6.61 Å². The molecule has 0 radical (unpaired) electrons. The first-order valence-electron chi connectivity index (χ1n) is 8.09. The van der Waals surface area contributed by atoms with E-state index in [0.717, 1.165) is 21.1 Å². The number of nitrogens with one attached hydrogen (secondary N) is 1. The molecule has 0 fully saturated rings. The number of carbonyl (C=O) groups excluding carboxylic acids is 1. The van der Waals surface area contributed by atoms with E-state index in [1.54, 1.807) is 35.1 Å². The fourth-order valence-electron chi connectivity index (χ4n) is 2.40. The fraction of sp³-hybridized carbons (Fsp3) is 0.111. The minimum atomic E-state index is -0.215. The SMILES string of the molecule is O=C(COc1ccccc1Cl)NCc1ccc(-c2nn3cnnc3s2)cc1. The summed E-state index contributed by atoms with van der Waals surface area (Å²) >= 11 is 7.46. The summed E-state index contributed by atoms with van der Waals surface area (Å²) in [4.78, 5) is 12.7. The summed E-state index contributed by atoms with van der Waals surface area (Å²) in [7, 11) is 0. The zero-order valence-corrected chi connectivity index (χ0v) is 15.6. The van der Waals surface area contributed by atoms with Gasteiger partial charge in [0.2, 0.25) is 4.96 Å². The molecule has 2 heterocycles. The molecule has 0 saturated carbocycles. The van der Waals surface area contributed by atoms with Crippen molar-refractivity contribution in [3.05, 3.63) is 65.4 Å². The van der Waals surface area contributed by atoms with Crippen molar-refractivity contribution in [3.63, 3.8) is 0 Å². The van der Waals surface area contributed by atoms with Crippen LogP contribution in [-0.4, -0.2) is 32.3 Å². The number of fused-ring (bicyclic) bond motifs is 1. The van der Waals surface area contributed by atoms with Crippen LogP contribution in [0.25, 0.3) is 15.5 Å². The molecular weight excluding hydrogens is 386 g/mol. The second-order valence-electron chi connectivity index (χ2n) is 5.66. The molecule has 1 amide bonds. The van der Waals surface area contributed by atoms with Crippen molar-refractivity contribution >= 4 is 33.8 Å². The number of hydrogen-bond acceptors (Lipinski definition) is 6. The number of hydrogen-bond donors (Lipinski definition) is 1. The molecule has 27 heavy (non-hydrogen) atoms. The maximum Gasteiger partial charge on any atom is 0.258 e. The Bertz CT molecular complexity index is 1050. The number of para-hydroxylation sites is 1. The van der Waals surface area contributed by atoms with Crippen LogP contribution in [0.15, 0.2) is 54.9 Å². The summed E-state index contributed by atoms with van der Waals surface area (Å²) < 4.78 is 7.07. The van der Waals surface area contributed by atoms with Gasteiger partial charge in [0.25, 0.3) is 5.91 Å². The third kappa shape index (κ3) is 4.07. The number of nitrogens with zero attached hydrogens (tertiary/aromatic N) is 4. The molecule has 1 N–H and O–H groups in total. The maximum atomic E-state index is 12.0. The molecule has 136 valence electrons. The summed E-state index contributed by atoms with van der Waals surface area (Å²) in [6, 6.07) is 14.9. The van der Waals surface area contributed by atoms with E-state index >= 15 is 0 Å². The zero-order valence-electron chi connectivity index (χ0n) is 14.0. The van der Waals surface area contributed by atoms with E-state index in [9.17, 15) is 4.79 Å². The molecule has 2 aromatic heterocycles. The van der Waals surface area contributed by atoms with Gasteiger partial charge < -0.3 is 10.1 Å². The number of ether oxygens (including phenoxy) is 1. The number of rotatable bonds is 6. The van der Waals surface area contributed by atoms with E-state index in [4.69, 9.17) is 16.3 Å². The molecule has 0 spiro atoms. The summed E-state index contributed by atoms with van der Waals surface area (Å²) in [5, 5.41) is 16.4. The smallest absolute Gasteiger partial charge is 0.258 e. The lowest BCUT2D eigenvalue weighted by Crippen LogP contribution is -2.28. The van der Waals surface area contributed by atoms with Gasteiger partial charge >= 0.3 is 0 Å². The number of amides is 1. The predicted molar refractivity (Wildman–Crippen MR) is 103 cm³/mol. The van der Waals surface area contributed by atoms with Gasteiger partial charge in [-0.15, -0.1) is 10.2 Å². The van der Waals surface area contributed by atoms with E-state index in [2.05, 4.69) is 20.6 Å². The second kappa shape index (κ2) is 7.73. The number of carbonyl (C=O) groups is 1. The topological polar surface area (TPSA) is 81.4 Å². The largest absolute Gasteiger partial charge is 0.482 e. The average Bonchev–Trinajstić information content (AvgIpc) is 3.28. The van der Waals surface area contributed by atoms with E-state index in [1.807, 2.05) is 24.3 Å². The summed E-state index contributed by atoms with van der Waals surface area (Å²) in [5.74, 6) is 0.274. The van der Waals surface area contributed by atoms with Crippen LogP contribution in [0.4, 0.5) is 0 Å². The van der Waals surface area contributed by atoms with Crippen LogP contribution in [0.3, 0.4) is 0 Å². The molecule has 0 bridgehead atoms. The Morgan fingerprint density at radius 1 is 1.19 bits per heavy atom. The third-order valence-corrected chi connectivity index (χ3v) is 5.05. The van der Waals surface area contributed by atoms with Gasteiger partial charge in [-0.3, -0.25) is 4.79 Å². The van der Waals surface area contributed by atoms with E-state index in [1.165, 1.54) is 11.3 Å². The van der Waals surface area contributed by atoms with Crippen LogP contribution in [0, 0.1) is 0 Å². The van der Waals surface area contributed by atoms with Crippen molar-refractivity contribution in [1.82, 2.24) is 25.1 Å². The highest BCUT2D eigenvalue weighted by molar-refractivity contribution is 7.19. The molecule has 0 unspecified atom stereocenters. The first-order chi connectivity index (χ1) is 13.2. The van der Waals surface area contributed by atoms with Crippen molar-refractivity contribution in [2.24, 2.45) is 0 Å². The van der Waals surface area contributed by atoms with Crippen molar-refractivity contribution in [1.29, 1.82) is 0 Å². The van der Waals surface area contributed by atoms with Crippen LogP contribution in [0.2, 0.25) is 5.02 Å². The van der Waals surface area contributed by atoms with Crippen LogP contribution in [0.5, 0.6) is 5.75 Å². The predicted octanol–water partition coefficient (Wildman–Crippen LogP) is 3.20. The quantitative estimate of drug-likeness (QED) is 0.538. The average molecular weight is 400 g/mol. The van der Waals surface area contributed by atoms with Crippen molar-refractivity contribution in [3.8, 4) is 16.3 Å². The second-order valence-corrected chi connectivity index (χ2v) is 7.02. The van der Waals surface area contributed by atoms with Crippen LogP contribution >= 0.6 is 22.9 Å². The highest BCUT2D eigenvalue weighted by Crippen LogP contribution is 2.25. The third-order valence-electron chi connectivity index (χ3n) is 3.77. The summed E-state index contributed by atoms with van der Waals surface area (Å²) in [5.41, 5.74) is 1.97. The van der Waals surface area contributed by atoms with Crippen molar-refractivity contribution < 1.29 is 9.53 Å². The molecule has 0 aliphatic heterocycles. The highest BCUT2D eigenvalue weighted by Gasteiger charge is 2.08. The lowest BCUT2D eigenvalue weighted by molar-refractivity contribution is -0.123. The summed E-state index contributed by atoms with van der Waals surface area (Å²) in [6.07, 6.45) is 1.57. The minimum absolute atomic E-state index is 0.0885.